The highest BCUT2D eigenvalue weighted by atomic mass is 19.4. The molecule has 41 heavy (non-hydrogen) atoms. The average molecular weight is 581 g/mol. The Hall–Kier alpha value is -3.03. The number of carbonyl (C=O) groups excluding carboxylic acids is 1. The summed E-state index contributed by atoms with van der Waals surface area (Å²) in [7, 11) is 0. The molecule has 1 N–H and O–H groups in total. The highest BCUT2D eigenvalue weighted by molar-refractivity contribution is 5.84. The van der Waals surface area contributed by atoms with Crippen molar-refractivity contribution in [1.29, 1.82) is 0 Å². The smallest absolute Gasteiger partial charge is 0.403 e. The summed E-state index contributed by atoms with van der Waals surface area (Å²) in [6.45, 7) is 10.4. The summed E-state index contributed by atoms with van der Waals surface area (Å²) < 4.78 is 56.6. The molecule has 3 heterocycles. The van der Waals surface area contributed by atoms with E-state index in [4.69, 9.17) is 0 Å². The van der Waals surface area contributed by atoms with E-state index in [0.717, 1.165) is 56.2 Å². The number of piperazine rings is 2. The van der Waals surface area contributed by atoms with E-state index >= 15 is 0 Å². The number of likely N-dealkylation sites (N-methyl/N-ethyl adjacent to an activating group) is 1. The number of hydrogen-bond acceptors (Lipinski definition) is 8. The lowest BCUT2D eigenvalue weighted by molar-refractivity contribution is -0.275. The van der Waals surface area contributed by atoms with Crippen molar-refractivity contribution >= 4 is 11.7 Å². The van der Waals surface area contributed by atoms with Gasteiger partial charge in [0.15, 0.2) is 11.6 Å². The third-order valence-electron chi connectivity index (χ3n) is 8.40. The van der Waals surface area contributed by atoms with E-state index in [9.17, 15) is 27.5 Å². The van der Waals surface area contributed by atoms with Gasteiger partial charge < -0.3 is 24.5 Å². The topological polar surface area (TPSA) is 85.3 Å². The highest BCUT2D eigenvalue weighted by Gasteiger charge is 2.37. The highest BCUT2D eigenvalue weighted by Crippen LogP contribution is 2.43. The van der Waals surface area contributed by atoms with Crippen LogP contribution in [0.3, 0.4) is 0 Å². The van der Waals surface area contributed by atoms with Gasteiger partial charge in [0.2, 0.25) is 5.91 Å². The zero-order valence-electron chi connectivity index (χ0n) is 23.3. The molecule has 5 rings (SSSR count). The van der Waals surface area contributed by atoms with Gasteiger partial charge in [-0.05, 0) is 36.6 Å². The number of rotatable bonds is 7. The maximum atomic E-state index is 14.7. The van der Waals surface area contributed by atoms with Crippen molar-refractivity contribution < 1.29 is 32.2 Å². The fourth-order valence-corrected chi connectivity index (χ4v) is 6.13. The molecule has 2 aliphatic heterocycles. The Balaban J connectivity index is 1.32. The van der Waals surface area contributed by atoms with E-state index in [0.29, 0.717) is 50.4 Å². The van der Waals surface area contributed by atoms with Gasteiger partial charge in [-0.25, -0.2) is 14.4 Å². The minimum Gasteiger partial charge on any atom is -0.403 e. The molecule has 1 aliphatic carbocycles. The summed E-state index contributed by atoms with van der Waals surface area (Å²) in [5, 5.41) is 10.4. The quantitative estimate of drug-likeness (QED) is 0.501. The molecule has 3 aliphatic rings. The van der Waals surface area contributed by atoms with Gasteiger partial charge in [-0.15, -0.1) is 13.2 Å². The molecule has 3 atom stereocenters. The molecule has 9 nitrogen and oxygen atoms in total. The number of aliphatic hydroxyl groups excluding tert-OH is 1. The van der Waals surface area contributed by atoms with E-state index in [1.165, 1.54) is 12.4 Å². The van der Waals surface area contributed by atoms with Crippen LogP contribution in [0.2, 0.25) is 0 Å². The number of alkyl halides is 3. The van der Waals surface area contributed by atoms with Crippen molar-refractivity contribution in [3.8, 4) is 5.75 Å². The lowest BCUT2D eigenvalue weighted by atomic mass is 9.95. The van der Waals surface area contributed by atoms with Crippen LogP contribution in [-0.4, -0.2) is 107 Å². The number of anilines is 1. The monoisotopic (exact) mass is 580 g/mol. The van der Waals surface area contributed by atoms with Crippen LogP contribution in [-0.2, 0) is 4.79 Å². The number of ether oxygens (including phenoxy) is 1. The van der Waals surface area contributed by atoms with Crippen LogP contribution in [0.15, 0.2) is 24.5 Å². The van der Waals surface area contributed by atoms with Crippen LogP contribution >= 0.6 is 0 Å². The number of aliphatic hydroxyl groups is 1. The van der Waals surface area contributed by atoms with Gasteiger partial charge in [0.1, 0.15) is 12.1 Å². The van der Waals surface area contributed by atoms with Crippen molar-refractivity contribution in [2.75, 3.05) is 70.3 Å². The summed E-state index contributed by atoms with van der Waals surface area (Å²) in [6, 6.07) is 3.28. The Morgan fingerprint density at radius 1 is 1.07 bits per heavy atom. The fraction of sp³-hybridized carbons (Fsp3) is 0.607. The lowest BCUT2D eigenvalue weighted by Crippen LogP contribution is -2.53. The molecule has 2 saturated heterocycles. The van der Waals surface area contributed by atoms with Gasteiger partial charge in [0.05, 0.1) is 17.7 Å². The Morgan fingerprint density at radius 2 is 1.76 bits per heavy atom. The number of hydrogen-bond donors (Lipinski definition) is 1. The van der Waals surface area contributed by atoms with Gasteiger partial charge in [-0.3, -0.25) is 9.69 Å². The van der Waals surface area contributed by atoms with E-state index < -0.39 is 30.0 Å². The van der Waals surface area contributed by atoms with E-state index in [1.807, 2.05) is 6.92 Å². The second kappa shape index (κ2) is 12.1. The Kier molecular flexibility index (Phi) is 8.67. The third-order valence-corrected chi connectivity index (χ3v) is 8.40. The minimum atomic E-state index is -5.02. The predicted molar refractivity (Wildman–Crippen MR) is 143 cm³/mol. The van der Waals surface area contributed by atoms with Crippen LogP contribution in [0, 0.1) is 5.82 Å². The third kappa shape index (κ3) is 6.57. The van der Waals surface area contributed by atoms with Crippen molar-refractivity contribution in [1.82, 2.24) is 24.7 Å². The molecular weight excluding hydrogens is 544 g/mol. The Labute approximate surface area is 236 Å². The molecule has 0 bridgehead atoms. The first-order valence-electron chi connectivity index (χ1n) is 14.1. The SMILES string of the molecule is CCN1CCN(CC(C(=O)N2CCN(c3ncnc4c3[C@H](C)C[C@H]4O)CC2)c2ccc(OC(F)(F)F)c(F)c2)CC1. The van der Waals surface area contributed by atoms with Gasteiger partial charge in [-0.2, -0.15) is 0 Å². The zero-order chi connectivity index (χ0) is 29.3. The maximum Gasteiger partial charge on any atom is 0.573 e. The summed E-state index contributed by atoms with van der Waals surface area (Å²) in [4.78, 5) is 31.0. The van der Waals surface area contributed by atoms with Crippen molar-refractivity contribution in [2.24, 2.45) is 0 Å². The van der Waals surface area contributed by atoms with E-state index in [1.54, 1.807) is 4.90 Å². The molecule has 1 unspecified atom stereocenters. The first-order chi connectivity index (χ1) is 19.5. The summed E-state index contributed by atoms with van der Waals surface area (Å²) in [5.74, 6) is -2.13. The van der Waals surface area contributed by atoms with E-state index in [2.05, 4.69) is 36.3 Å². The molecular formula is C28H36F4N6O3. The van der Waals surface area contributed by atoms with Crippen LogP contribution in [0.25, 0.3) is 0 Å². The number of nitrogens with zero attached hydrogens (tertiary/aromatic N) is 6. The number of halogens is 4. The van der Waals surface area contributed by atoms with Crippen LogP contribution < -0.4 is 9.64 Å². The molecule has 0 spiro atoms. The predicted octanol–water partition coefficient (Wildman–Crippen LogP) is 3.12. The van der Waals surface area contributed by atoms with Crippen LogP contribution in [0.1, 0.15) is 55.0 Å². The largest absolute Gasteiger partial charge is 0.573 e. The average Bonchev–Trinajstić information content (AvgIpc) is 3.25. The van der Waals surface area contributed by atoms with Gasteiger partial charge in [0.25, 0.3) is 0 Å². The van der Waals surface area contributed by atoms with Gasteiger partial charge >= 0.3 is 6.36 Å². The number of fused-ring (bicyclic) bond motifs is 1. The molecule has 13 heteroatoms. The number of benzene rings is 1. The number of carbonyl (C=O) groups is 1. The van der Waals surface area contributed by atoms with Crippen molar-refractivity contribution in [3.05, 3.63) is 47.2 Å². The number of amides is 1. The van der Waals surface area contributed by atoms with Gasteiger partial charge in [-0.1, -0.05) is 19.9 Å². The summed E-state index contributed by atoms with van der Waals surface area (Å²) in [5.41, 5.74) is 1.92. The normalized spacial score (nSPS) is 23.0. The maximum absolute atomic E-state index is 14.7. The molecule has 1 amide bonds. The second-order valence-electron chi connectivity index (χ2n) is 11.0. The van der Waals surface area contributed by atoms with Crippen LogP contribution in [0.5, 0.6) is 5.75 Å². The first-order valence-corrected chi connectivity index (χ1v) is 14.1. The molecule has 0 radical (unpaired) electrons. The van der Waals surface area contributed by atoms with E-state index in [-0.39, 0.29) is 11.8 Å². The van der Waals surface area contributed by atoms with Gasteiger partial charge in [0, 0.05) is 64.5 Å². The second-order valence-corrected chi connectivity index (χ2v) is 11.0. The summed E-state index contributed by atoms with van der Waals surface area (Å²) in [6.07, 6.45) is -3.58. The Morgan fingerprint density at radius 3 is 2.39 bits per heavy atom. The molecule has 2 aromatic rings. The fourth-order valence-electron chi connectivity index (χ4n) is 6.13. The van der Waals surface area contributed by atoms with Crippen LogP contribution in [0.4, 0.5) is 23.4 Å². The molecule has 1 aromatic carbocycles. The van der Waals surface area contributed by atoms with Crippen molar-refractivity contribution in [2.45, 2.75) is 44.6 Å². The van der Waals surface area contributed by atoms with Crippen molar-refractivity contribution in [3.63, 3.8) is 0 Å². The zero-order valence-corrected chi connectivity index (χ0v) is 23.3. The number of aromatic nitrogens is 2. The standard InChI is InChI=1S/C28H36F4N6O3/c1-3-35-6-8-36(9-7-35)16-20(19-4-5-23(21(29)15-19)41-28(30,31)32)27(40)38-12-10-37(11-13-38)26-24-18(2)14-22(39)25(24)33-17-34-26/h4-5,15,17-18,20,22,39H,3,6-14,16H2,1-2H3/t18-,20?,22-/m1/s1. The molecule has 224 valence electrons. The first kappa shape index (κ1) is 29.5. The summed E-state index contributed by atoms with van der Waals surface area (Å²) >= 11 is 0. The molecule has 0 saturated carbocycles. The molecule has 2 fully saturated rings. The molecule has 1 aromatic heterocycles. The minimum absolute atomic E-state index is 0.118. The lowest BCUT2D eigenvalue weighted by Gasteiger charge is -2.40. The Bertz CT molecular complexity index is 1230.